The number of methoxy groups -OCH3 is 4. The number of likely N-dealkylation sites (tertiary alicyclic amines) is 4. The van der Waals surface area contributed by atoms with Crippen molar-refractivity contribution in [1.29, 1.82) is 0 Å². The Hall–Kier alpha value is -10.9. The first-order valence-electron chi connectivity index (χ1n) is 44.5. The quantitative estimate of drug-likeness (QED) is 0.0215. The molecule has 6 aromatic carbocycles. The molecule has 128 heavy (non-hydrogen) atoms. The van der Waals surface area contributed by atoms with E-state index in [1.54, 1.807) is 24.3 Å². The summed E-state index contributed by atoms with van der Waals surface area (Å²) in [6.45, 7) is 13.2. The second-order valence-corrected chi connectivity index (χ2v) is 37.2. The summed E-state index contributed by atoms with van der Waals surface area (Å²) in [5.74, 6) is -9.58. The Morgan fingerprint density at radius 1 is 0.305 bits per heavy atom. The Morgan fingerprint density at radius 2 is 0.492 bits per heavy atom. The van der Waals surface area contributed by atoms with Gasteiger partial charge in [0.15, 0.2) is 23.1 Å². The molecule has 0 bridgehead atoms. The molecule has 0 aromatic heterocycles. The van der Waals surface area contributed by atoms with Gasteiger partial charge in [-0.05, 0) is 225 Å². The number of carbonyl (C=O) groups excluding carboxylic acids is 12. The van der Waals surface area contributed by atoms with E-state index < -0.39 is 118 Å². The van der Waals surface area contributed by atoms with Crippen molar-refractivity contribution in [3.05, 3.63) is 202 Å². The van der Waals surface area contributed by atoms with Gasteiger partial charge in [0.05, 0.1) is 149 Å². The maximum absolute atomic E-state index is 14.2. The molecule has 0 spiro atoms. The summed E-state index contributed by atoms with van der Waals surface area (Å²) in [6, 6.07) is 41.4. The van der Waals surface area contributed by atoms with E-state index in [0.29, 0.717) is 77.5 Å². The molecule has 28 heteroatoms. The minimum atomic E-state index is -1.50. The number of aliphatic hydroxyl groups is 4. The highest BCUT2D eigenvalue weighted by atomic mass is 19.1. The standard InChI is InChI=1S/2C50H62FN3O10/c2*1-49(2,61)37(29-45(57)63-5)47(59)52-25-7-9-41(52)43(55)27-31-11-15-33(16-12-31)39-23-24-40(54(39)36-21-19-35(51)20-22-36)34-17-13-32(14-18-34)28-44(56)42-10-8-26-53(42)48(60)38(50(3,4)62)30-46(58)64-6/h2*11-22,37-42,61-62H,7-10,23-30H2,1-6H3/t37-,38-,39+,40+,41+,42+;37-,38-,39-,40-,41+,42+/m11/s1. The molecule has 6 fully saturated rings. The number of ether oxygens (including phenoxy) is 4. The van der Waals surface area contributed by atoms with Crippen molar-refractivity contribution < 1.29 is 106 Å². The van der Waals surface area contributed by atoms with Gasteiger partial charge in [-0.1, -0.05) is 97.1 Å². The van der Waals surface area contributed by atoms with Crippen LogP contribution < -0.4 is 9.80 Å². The van der Waals surface area contributed by atoms with Crippen molar-refractivity contribution in [2.24, 2.45) is 23.7 Å². The number of rotatable bonds is 34. The van der Waals surface area contributed by atoms with E-state index in [1.165, 1.54) is 128 Å². The lowest BCUT2D eigenvalue weighted by Gasteiger charge is -2.34. The van der Waals surface area contributed by atoms with E-state index in [-0.39, 0.29) is 110 Å². The summed E-state index contributed by atoms with van der Waals surface area (Å²) in [7, 11) is 4.91. The molecule has 6 aromatic rings. The highest BCUT2D eigenvalue weighted by Crippen LogP contribution is 2.50. The third-order valence-corrected chi connectivity index (χ3v) is 26.6. The molecule has 12 atom stereocenters. The number of anilines is 2. The Balaban J connectivity index is 0.000000248. The smallest absolute Gasteiger partial charge is 0.306 e. The Kier molecular flexibility index (Phi) is 32.1. The predicted octanol–water partition coefficient (Wildman–Crippen LogP) is 12.0. The van der Waals surface area contributed by atoms with E-state index in [0.717, 1.165) is 81.6 Å². The third-order valence-electron chi connectivity index (χ3n) is 26.6. The van der Waals surface area contributed by atoms with E-state index in [4.69, 9.17) is 18.9 Å². The normalized spacial score (nSPS) is 21.1. The van der Waals surface area contributed by atoms with Crippen LogP contribution in [0.15, 0.2) is 146 Å². The molecule has 0 unspecified atom stereocenters. The zero-order valence-corrected chi connectivity index (χ0v) is 75.5. The first kappa shape index (κ1) is 97.7. The van der Waals surface area contributed by atoms with Crippen LogP contribution in [0.1, 0.15) is 227 Å². The van der Waals surface area contributed by atoms with Gasteiger partial charge in [-0.2, -0.15) is 0 Å². The molecule has 688 valence electrons. The largest absolute Gasteiger partial charge is 0.469 e. The number of amides is 4. The van der Waals surface area contributed by atoms with Crippen LogP contribution in [0.2, 0.25) is 0 Å². The number of Topliss-reactive ketones (excluding diaryl/α,β-unsaturated/α-hetero) is 4. The van der Waals surface area contributed by atoms with Crippen LogP contribution in [0.5, 0.6) is 0 Å². The maximum Gasteiger partial charge on any atom is 0.306 e. The first-order valence-corrected chi connectivity index (χ1v) is 44.5. The van der Waals surface area contributed by atoms with Gasteiger partial charge in [-0.3, -0.25) is 57.5 Å². The first-order chi connectivity index (χ1) is 60.6. The molecule has 6 aliphatic heterocycles. The van der Waals surface area contributed by atoms with Gasteiger partial charge in [-0.25, -0.2) is 8.78 Å². The Morgan fingerprint density at radius 3 is 0.664 bits per heavy atom. The molecule has 12 rings (SSSR count). The lowest BCUT2D eigenvalue weighted by Crippen LogP contribution is -2.50. The van der Waals surface area contributed by atoms with Crippen LogP contribution in [-0.2, 0) is 102 Å². The summed E-state index contributed by atoms with van der Waals surface area (Å²) < 4.78 is 47.5. The molecule has 4 N–H and O–H groups in total. The number of carbonyl (C=O) groups is 12. The minimum absolute atomic E-state index is 0.0733. The van der Waals surface area contributed by atoms with Crippen molar-refractivity contribution in [2.75, 3.05) is 64.4 Å². The Labute approximate surface area is 748 Å². The van der Waals surface area contributed by atoms with Gasteiger partial charge < -0.3 is 68.8 Å². The fourth-order valence-electron chi connectivity index (χ4n) is 19.4. The summed E-state index contributed by atoms with van der Waals surface area (Å²) in [5, 5.41) is 43.1. The molecule has 26 nitrogen and oxygen atoms in total. The average Bonchev–Trinajstić information content (AvgIpc) is 1.63. The van der Waals surface area contributed by atoms with Crippen LogP contribution in [0, 0.1) is 35.3 Å². The van der Waals surface area contributed by atoms with E-state index in [9.17, 15) is 86.7 Å². The molecule has 4 amide bonds. The summed E-state index contributed by atoms with van der Waals surface area (Å²) in [4.78, 5) is 169. The molecule has 6 saturated heterocycles. The number of esters is 4. The fourth-order valence-corrected chi connectivity index (χ4v) is 19.4. The molecule has 0 aliphatic carbocycles. The van der Waals surface area contributed by atoms with Gasteiger partial charge in [0.25, 0.3) is 0 Å². The maximum atomic E-state index is 14.2. The molecular weight excluding hydrogens is 1640 g/mol. The highest BCUT2D eigenvalue weighted by molar-refractivity contribution is 5.96. The van der Waals surface area contributed by atoms with E-state index in [2.05, 4.69) is 9.80 Å². The second-order valence-electron chi connectivity index (χ2n) is 37.2. The van der Waals surface area contributed by atoms with Crippen molar-refractivity contribution in [3.8, 4) is 0 Å². The van der Waals surface area contributed by atoms with Crippen LogP contribution in [0.25, 0.3) is 0 Å². The molecule has 0 radical (unpaired) electrons. The fraction of sp³-hybridized carbons (Fsp3) is 0.520. The zero-order chi connectivity index (χ0) is 93.0. The van der Waals surface area contributed by atoms with Crippen LogP contribution in [-0.4, -0.2) is 212 Å². The van der Waals surface area contributed by atoms with Gasteiger partial charge >= 0.3 is 23.9 Å². The highest BCUT2D eigenvalue weighted by Gasteiger charge is 2.49. The lowest BCUT2D eigenvalue weighted by molar-refractivity contribution is -0.155. The van der Waals surface area contributed by atoms with Gasteiger partial charge in [-0.15, -0.1) is 0 Å². The second kappa shape index (κ2) is 42.1. The number of halogens is 2. The summed E-state index contributed by atoms with van der Waals surface area (Å²) >= 11 is 0. The van der Waals surface area contributed by atoms with Crippen molar-refractivity contribution in [3.63, 3.8) is 0 Å². The lowest BCUT2D eigenvalue weighted by atomic mass is 9.86. The number of hydrogen-bond donors (Lipinski definition) is 4. The number of hydrogen-bond acceptors (Lipinski definition) is 22. The van der Waals surface area contributed by atoms with Crippen molar-refractivity contribution >= 4 is 82.0 Å². The molecule has 6 aliphatic rings. The van der Waals surface area contributed by atoms with Gasteiger partial charge in [0.2, 0.25) is 23.6 Å². The SMILES string of the molecule is COC(=O)C[C@H](C(=O)N1CCC[C@H]1C(=O)Cc1ccc([C@@H]2CC[C@@H](c3ccc(CC(=O)[C@@H]4CCCN4C(=O)[C@@H](CC(=O)OC)C(C)(C)O)cc3)N2c2ccc(F)cc2)cc1)C(C)(C)O.COC(=O)C[C@H](C(=O)N1CCC[C@H]1C(=O)Cc1ccc([C@H]2CC[C@H](c3ccc(CC(=O)[C@@H]4CCCN4C(=O)[C@@H](CC(=O)OC)C(C)(C)O)cc3)N2c2ccc(F)cc2)cc1)C(C)(C)O. The monoisotopic (exact) mass is 1770 g/mol. The third kappa shape index (κ3) is 23.7. The number of ketones is 4. The van der Waals surface area contributed by atoms with Crippen molar-refractivity contribution in [2.45, 2.75) is 255 Å². The number of nitrogens with zero attached hydrogens (tertiary/aromatic N) is 6. The van der Waals surface area contributed by atoms with E-state index in [1.807, 2.05) is 97.1 Å². The molecule has 0 saturated carbocycles. The predicted molar refractivity (Wildman–Crippen MR) is 472 cm³/mol. The molecular formula is C100H124F2N6O20. The Bertz CT molecular complexity index is 4370. The number of benzene rings is 6. The van der Waals surface area contributed by atoms with Crippen molar-refractivity contribution in [1.82, 2.24) is 19.6 Å². The van der Waals surface area contributed by atoms with E-state index >= 15 is 0 Å². The zero-order valence-electron chi connectivity index (χ0n) is 75.5. The minimum Gasteiger partial charge on any atom is -0.469 e. The average molecular weight is 1770 g/mol. The van der Waals surface area contributed by atoms with Gasteiger partial charge in [0.1, 0.15) is 11.6 Å². The topological polar surface area (TPSA) is 342 Å². The molecule has 6 heterocycles. The summed E-state index contributed by atoms with van der Waals surface area (Å²) in [5.41, 5.74) is 2.95. The van der Waals surface area contributed by atoms with Crippen LogP contribution in [0.4, 0.5) is 20.2 Å². The van der Waals surface area contributed by atoms with Crippen LogP contribution in [0.3, 0.4) is 0 Å². The van der Waals surface area contributed by atoms with Crippen LogP contribution >= 0.6 is 0 Å². The van der Waals surface area contributed by atoms with Gasteiger partial charge in [0, 0.05) is 63.2 Å². The summed E-state index contributed by atoms with van der Waals surface area (Å²) in [6.07, 6.45) is 6.95.